The fraction of sp³-hybridized carbons (Fsp3) is 0.571. The molecule has 1 rings (SSSR count). The first-order valence-corrected chi connectivity index (χ1v) is 7.35. The Balaban J connectivity index is 2.33. The molecule has 17 heavy (non-hydrogen) atoms. The van der Waals surface area contributed by atoms with Crippen molar-refractivity contribution in [3.05, 3.63) is 35.4 Å². The lowest BCUT2D eigenvalue weighted by Gasteiger charge is -2.13. The molecule has 96 valence electrons. The highest BCUT2D eigenvalue weighted by Gasteiger charge is 2.05. The summed E-state index contributed by atoms with van der Waals surface area (Å²) in [6.07, 6.45) is 1.09. The first-order chi connectivity index (χ1) is 8.13. The summed E-state index contributed by atoms with van der Waals surface area (Å²) in [7, 11) is 4.20. The van der Waals surface area contributed by atoms with Crippen molar-refractivity contribution in [2.75, 3.05) is 32.1 Å². The van der Waals surface area contributed by atoms with Crippen LogP contribution >= 0.6 is 11.8 Å². The van der Waals surface area contributed by atoms with Crippen LogP contribution in [0.25, 0.3) is 0 Å². The molecule has 0 heterocycles. The van der Waals surface area contributed by atoms with Crippen LogP contribution in [0.3, 0.4) is 0 Å². The first-order valence-electron chi connectivity index (χ1n) is 6.20. The highest BCUT2D eigenvalue weighted by atomic mass is 32.2. The molecular formula is C14H24N2S. The van der Waals surface area contributed by atoms with Gasteiger partial charge in [0, 0.05) is 24.1 Å². The van der Waals surface area contributed by atoms with E-state index in [-0.39, 0.29) is 6.04 Å². The first kappa shape index (κ1) is 14.6. The van der Waals surface area contributed by atoms with Crippen molar-refractivity contribution >= 4 is 11.8 Å². The van der Waals surface area contributed by atoms with Crippen LogP contribution in [0.15, 0.2) is 24.3 Å². The lowest BCUT2D eigenvalue weighted by molar-refractivity contribution is 0.437. The Labute approximate surface area is 110 Å². The molecule has 0 radical (unpaired) electrons. The van der Waals surface area contributed by atoms with Crippen LogP contribution in [0, 0.1) is 0 Å². The van der Waals surface area contributed by atoms with E-state index in [2.05, 4.69) is 50.2 Å². The monoisotopic (exact) mass is 252 g/mol. The minimum Gasteiger partial charge on any atom is -0.323 e. The minimum absolute atomic E-state index is 0.160. The Bertz CT molecular complexity index is 309. The molecule has 0 aromatic heterocycles. The van der Waals surface area contributed by atoms with E-state index < -0.39 is 0 Å². The zero-order valence-corrected chi connectivity index (χ0v) is 12.0. The normalized spacial score (nSPS) is 13.0. The maximum absolute atomic E-state index is 6.17. The molecule has 0 aliphatic rings. The summed E-state index contributed by atoms with van der Waals surface area (Å²) < 4.78 is 0. The van der Waals surface area contributed by atoms with Crippen LogP contribution in [0.2, 0.25) is 0 Å². The van der Waals surface area contributed by atoms with Gasteiger partial charge in [0.2, 0.25) is 0 Å². The third-order valence-electron chi connectivity index (χ3n) is 2.80. The second-order valence-electron chi connectivity index (χ2n) is 4.58. The fourth-order valence-corrected chi connectivity index (χ4v) is 2.66. The quantitative estimate of drug-likeness (QED) is 0.756. The number of hydrogen-bond donors (Lipinski definition) is 1. The van der Waals surface area contributed by atoms with Gasteiger partial charge in [-0.3, -0.25) is 0 Å². The van der Waals surface area contributed by atoms with E-state index in [1.54, 1.807) is 0 Å². The Hall–Kier alpha value is -0.510. The van der Waals surface area contributed by atoms with E-state index in [1.165, 1.54) is 11.1 Å². The zero-order chi connectivity index (χ0) is 12.7. The van der Waals surface area contributed by atoms with Gasteiger partial charge >= 0.3 is 0 Å². The Morgan fingerprint density at radius 1 is 1.24 bits per heavy atom. The highest BCUT2D eigenvalue weighted by molar-refractivity contribution is 7.99. The number of rotatable bonds is 7. The van der Waals surface area contributed by atoms with Crippen molar-refractivity contribution in [1.29, 1.82) is 0 Å². The van der Waals surface area contributed by atoms with Gasteiger partial charge in [-0.1, -0.05) is 31.2 Å². The van der Waals surface area contributed by atoms with Crippen LogP contribution in [-0.2, 0) is 6.42 Å². The standard InChI is InChI=1S/C14H24N2S/c1-4-12-5-7-13(8-6-12)14(15)11-17-10-9-16(2)3/h5-8,14H,4,9-11,15H2,1-3H3. The van der Waals surface area contributed by atoms with Crippen molar-refractivity contribution in [3.63, 3.8) is 0 Å². The lowest BCUT2D eigenvalue weighted by Crippen LogP contribution is -2.17. The lowest BCUT2D eigenvalue weighted by atomic mass is 10.1. The fourth-order valence-electron chi connectivity index (χ4n) is 1.55. The zero-order valence-electron chi connectivity index (χ0n) is 11.1. The predicted octanol–water partition coefficient (Wildman–Crippen LogP) is 2.54. The van der Waals surface area contributed by atoms with Crippen LogP contribution < -0.4 is 5.73 Å². The van der Waals surface area contributed by atoms with Crippen LogP contribution in [0.5, 0.6) is 0 Å². The molecule has 2 N–H and O–H groups in total. The molecule has 0 saturated carbocycles. The minimum atomic E-state index is 0.160. The summed E-state index contributed by atoms with van der Waals surface area (Å²) in [5, 5.41) is 0. The number of nitrogens with zero attached hydrogens (tertiary/aromatic N) is 1. The van der Waals surface area contributed by atoms with Crippen molar-refractivity contribution in [1.82, 2.24) is 4.90 Å². The van der Waals surface area contributed by atoms with Crippen molar-refractivity contribution < 1.29 is 0 Å². The molecule has 1 atom stereocenters. The smallest absolute Gasteiger partial charge is 0.0386 e. The van der Waals surface area contributed by atoms with E-state index in [4.69, 9.17) is 5.73 Å². The van der Waals surface area contributed by atoms with Gasteiger partial charge in [-0.2, -0.15) is 11.8 Å². The Morgan fingerprint density at radius 3 is 2.41 bits per heavy atom. The number of aryl methyl sites for hydroxylation is 1. The van der Waals surface area contributed by atoms with E-state index in [0.717, 1.165) is 24.5 Å². The largest absolute Gasteiger partial charge is 0.323 e. The third kappa shape index (κ3) is 5.57. The second kappa shape index (κ2) is 7.75. The highest BCUT2D eigenvalue weighted by Crippen LogP contribution is 2.16. The maximum atomic E-state index is 6.17. The van der Waals surface area contributed by atoms with Crippen molar-refractivity contribution in [2.24, 2.45) is 5.73 Å². The van der Waals surface area contributed by atoms with Crippen LogP contribution in [0.1, 0.15) is 24.1 Å². The molecule has 0 bridgehead atoms. The van der Waals surface area contributed by atoms with E-state index >= 15 is 0 Å². The average Bonchev–Trinajstić information content (AvgIpc) is 2.34. The number of hydrogen-bond acceptors (Lipinski definition) is 3. The van der Waals surface area contributed by atoms with Crippen LogP contribution in [0.4, 0.5) is 0 Å². The molecule has 0 aliphatic heterocycles. The van der Waals surface area contributed by atoms with E-state index in [1.807, 2.05) is 11.8 Å². The van der Waals surface area contributed by atoms with Crippen molar-refractivity contribution in [3.8, 4) is 0 Å². The summed E-state index contributed by atoms with van der Waals surface area (Å²) in [4.78, 5) is 2.20. The summed E-state index contributed by atoms with van der Waals surface area (Å²) >= 11 is 1.93. The Morgan fingerprint density at radius 2 is 1.88 bits per heavy atom. The van der Waals surface area contributed by atoms with E-state index in [0.29, 0.717) is 0 Å². The number of nitrogens with two attached hydrogens (primary N) is 1. The number of benzene rings is 1. The molecular weight excluding hydrogens is 228 g/mol. The average molecular weight is 252 g/mol. The molecule has 1 unspecified atom stereocenters. The third-order valence-corrected chi connectivity index (χ3v) is 3.86. The molecule has 0 aliphatic carbocycles. The van der Waals surface area contributed by atoms with Gasteiger partial charge in [-0.05, 0) is 31.6 Å². The van der Waals surface area contributed by atoms with Gasteiger partial charge in [-0.25, -0.2) is 0 Å². The summed E-state index contributed by atoms with van der Waals surface area (Å²) in [6, 6.07) is 8.85. The molecule has 2 nitrogen and oxygen atoms in total. The molecule has 0 fully saturated rings. The van der Waals surface area contributed by atoms with Gasteiger partial charge in [0.15, 0.2) is 0 Å². The summed E-state index contributed by atoms with van der Waals surface area (Å²) in [5.74, 6) is 2.15. The van der Waals surface area contributed by atoms with Gasteiger partial charge in [0.05, 0.1) is 0 Å². The molecule has 1 aromatic carbocycles. The summed E-state index contributed by atoms with van der Waals surface area (Å²) in [5.41, 5.74) is 8.79. The predicted molar refractivity (Wildman–Crippen MR) is 78.6 cm³/mol. The molecule has 0 saturated heterocycles. The van der Waals surface area contributed by atoms with Crippen LogP contribution in [-0.4, -0.2) is 37.0 Å². The second-order valence-corrected chi connectivity index (χ2v) is 5.73. The maximum Gasteiger partial charge on any atom is 0.0386 e. The topological polar surface area (TPSA) is 29.3 Å². The SMILES string of the molecule is CCc1ccc(C(N)CSCCN(C)C)cc1. The van der Waals surface area contributed by atoms with E-state index in [9.17, 15) is 0 Å². The van der Waals surface area contributed by atoms with Crippen molar-refractivity contribution in [2.45, 2.75) is 19.4 Å². The molecule has 0 amide bonds. The molecule has 1 aromatic rings. The van der Waals surface area contributed by atoms with Gasteiger partial charge < -0.3 is 10.6 Å². The molecule has 3 heteroatoms. The Kier molecular flexibility index (Phi) is 6.63. The summed E-state index contributed by atoms with van der Waals surface area (Å²) in [6.45, 7) is 3.29. The van der Waals surface area contributed by atoms with Gasteiger partial charge in [0.25, 0.3) is 0 Å². The molecule has 0 spiro atoms. The van der Waals surface area contributed by atoms with Gasteiger partial charge in [0.1, 0.15) is 0 Å². The van der Waals surface area contributed by atoms with Gasteiger partial charge in [-0.15, -0.1) is 0 Å². The number of thioether (sulfide) groups is 1.